The van der Waals surface area contributed by atoms with Crippen molar-refractivity contribution in [3.8, 4) is 0 Å². The smallest absolute Gasteiger partial charge is 0.141 e. The molecule has 3 N–H and O–H groups in total. The highest BCUT2D eigenvalue weighted by Crippen LogP contribution is 2.23. The minimum atomic E-state index is -1.14. The average Bonchev–Trinajstić information content (AvgIpc) is 1.97. The van der Waals surface area contributed by atoms with Gasteiger partial charge in [0.2, 0.25) is 0 Å². The second-order valence-corrected chi connectivity index (χ2v) is 3.57. The normalized spacial score (nSPS) is 52.6. The molecule has 5 heteroatoms. The SMILES string of the molecule is CC1OC(Br)C(O)C(O)C1O. The van der Waals surface area contributed by atoms with Crippen molar-refractivity contribution in [2.24, 2.45) is 0 Å². The zero-order chi connectivity index (χ0) is 8.59. The van der Waals surface area contributed by atoms with Crippen molar-refractivity contribution in [1.82, 2.24) is 0 Å². The Morgan fingerprint density at radius 1 is 1.09 bits per heavy atom. The molecule has 0 radical (unpaired) electrons. The highest BCUT2D eigenvalue weighted by atomic mass is 79.9. The molecule has 0 aromatic heterocycles. The zero-order valence-corrected chi connectivity index (χ0v) is 7.60. The van der Waals surface area contributed by atoms with Gasteiger partial charge < -0.3 is 20.1 Å². The number of hydrogen-bond acceptors (Lipinski definition) is 4. The quantitative estimate of drug-likeness (QED) is 0.474. The van der Waals surface area contributed by atoms with E-state index < -0.39 is 29.4 Å². The van der Waals surface area contributed by atoms with Gasteiger partial charge in [-0.3, -0.25) is 0 Å². The van der Waals surface area contributed by atoms with Crippen LogP contribution in [-0.4, -0.2) is 44.7 Å². The molecule has 1 aliphatic heterocycles. The Morgan fingerprint density at radius 2 is 1.64 bits per heavy atom. The number of rotatable bonds is 0. The van der Waals surface area contributed by atoms with Crippen molar-refractivity contribution in [3.63, 3.8) is 0 Å². The third-order valence-corrected chi connectivity index (χ3v) is 2.55. The summed E-state index contributed by atoms with van der Waals surface area (Å²) in [6, 6.07) is 0. The van der Waals surface area contributed by atoms with Crippen LogP contribution in [0, 0.1) is 0 Å². The molecule has 0 spiro atoms. The summed E-state index contributed by atoms with van der Waals surface area (Å²) in [5, 5.41) is 26.9. The van der Waals surface area contributed by atoms with Crippen LogP contribution < -0.4 is 0 Å². The number of ether oxygens (including phenoxy) is 1. The molecule has 4 nitrogen and oxygen atoms in total. The van der Waals surface area contributed by atoms with Crippen LogP contribution in [0.15, 0.2) is 0 Å². The van der Waals surface area contributed by atoms with Crippen molar-refractivity contribution in [2.75, 3.05) is 0 Å². The summed E-state index contributed by atoms with van der Waals surface area (Å²) in [6.07, 6.45) is -3.68. The molecule has 5 atom stereocenters. The highest BCUT2D eigenvalue weighted by molar-refractivity contribution is 9.09. The minimum absolute atomic E-state index is 0.460. The standard InChI is InChI=1S/C6H11BrO4/c1-2-3(8)4(9)5(10)6(7)11-2/h2-6,8-10H,1H3. The van der Waals surface area contributed by atoms with Gasteiger partial charge in [-0.1, -0.05) is 15.9 Å². The van der Waals surface area contributed by atoms with E-state index in [4.69, 9.17) is 9.84 Å². The maximum atomic E-state index is 9.18. The minimum Gasteiger partial charge on any atom is -0.388 e. The van der Waals surface area contributed by atoms with Crippen LogP contribution in [0.4, 0.5) is 0 Å². The number of alkyl halides is 1. The van der Waals surface area contributed by atoms with Crippen LogP contribution >= 0.6 is 15.9 Å². The monoisotopic (exact) mass is 226 g/mol. The van der Waals surface area contributed by atoms with Gasteiger partial charge in [0.05, 0.1) is 6.10 Å². The molecule has 5 unspecified atom stereocenters. The summed E-state index contributed by atoms with van der Waals surface area (Å²) in [7, 11) is 0. The van der Waals surface area contributed by atoms with E-state index in [0.29, 0.717) is 0 Å². The van der Waals surface area contributed by atoms with E-state index in [-0.39, 0.29) is 0 Å². The van der Waals surface area contributed by atoms with Gasteiger partial charge in [0.15, 0.2) is 0 Å². The van der Waals surface area contributed by atoms with Crippen molar-refractivity contribution in [2.45, 2.75) is 36.4 Å². The molecule has 0 aliphatic carbocycles. The summed E-state index contributed by atoms with van der Waals surface area (Å²) >= 11 is 3.02. The van der Waals surface area contributed by atoms with E-state index in [1.807, 2.05) is 0 Å². The first-order chi connectivity index (χ1) is 5.04. The van der Waals surface area contributed by atoms with Crippen LogP contribution in [0.25, 0.3) is 0 Å². The van der Waals surface area contributed by atoms with Gasteiger partial charge >= 0.3 is 0 Å². The van der Waals surface area contributed by atoms with Gasteiger partial charge in [0.25, 0.3) is 0 Å². The highest BCUT2D eigenvalue weighted by Gasteiger charge is 2.40. The number of halogens is 1. The maximum Gasteiger partial charge on any atom is 0.141 e. The molecule has 0 aromatic carbocycles. The molecule has 1 heterocycles. The number of hydrogen-bond donors (Lipinski definition) is 3. The van der Waals surface area contributed by atoms with Gasteiger partial charge in [0.1, 0.15) is 23.3 Å². The van der Waals surface area contributed by atoms with Gasteiger partial charge in [-0.2, -0.15) is 0 Å². The first-order valence-corrected chi connectivity index (χ1v) is 4.29. The Morgan fingerprint density at radius 3 is 2.18 bits per heavy atom. The van der Waals surface area contributed by atoms with Crippen molar-refractivity contribution >= 4 is 15.9 Å². The first-order valence-electron chi connectivity index (χ1n) is 3.37. The predicted molar refractivity (Wildman–Crippen MR) is 41.3 cm³/mol. The third kappa shape index (κ3) is 1.73. The van der Waals surface area contributed by atoms with Gasteiger partial charge in [-0.25, -0.2) is 0 Å². The number of aliphatic hydroxyl groups is 3. The van der Waals surface area contributed by atoms with Crippen LogP contribution in [0.2, 0.25) is 0 Å². The van der Waals surface area contributed by atoms with Crippen LogP contribution in [-0.2, 0) is 4.74 Å². The Bertz CT molecular complexity index is 129. The molecule has 0 saturated carbocycles. The fourth-order valence-corrected chi connectivity index (χ4v) is 1.65. The van der Waals surface area contributed by atoms with Crippen molar-refractivity contribution in [1.29, 1.82) is 0 Å². The third-order valence-electron chi connectivity index (χ3n) is 1.79. The van der Waals surface area contributed by atoms with E-state index in [1.165, 1.54) is 0 Å². The second kappa shape index (κ2) is 3.37. The Kier molecular flexibility index (Phi) is 2.88. The van der Waals surface area contributed by atoms with Crippen LogP contribution in [0.1, 0.15) is 6.92 Å². The summed E-state index contributed by atoms with van der Waals surface area (Å²) in [4.78, 5) is 0. The number of aliphatic hydroxyl groups excluding tert-OH is 3. The van der Waals surface area contributed by atoms with Crippen molar-refractivity contribution in [3.05, 3.63) is 0 Å². The van der Waals surface area contributed by atoms with Gasteiger partial charge in [0, 0.05) is 0 Å². The van der Waals surface area contributed by atoms with E-state index in [9.17, 15) is 10.2 Å². The summed E-state index contributed by atoms with van der Waals surface area (Å²) < 4.78 is 5.04. The second-order valence-electron chi connectivity index (χ2n) is 2.66. The molecular formula is C6H11BrO4. The lowest BCUT2D eigenvalue weighted by Gasteiger charge is -2.36. The van der Waals surface area contributed by atoms with E-state index >= 15 is 0 Å². The lowest BCUT2D eigenvalue weighted by molar-refractivity contribution is -0.190. The Labute approximate surface area is 72.9 Å². The van der Waals surface area contributed by atoms with E-state index in [1.54, 1.807) is 6.92 Å². The van der Waals surface area contributed by atoms with Crippen molar-refractivity contribution < 1.29 is 20.1 Å². The molecular weight excluding hydrogens is 216 g/mol. The molecule has 1 saturated heterocycles. The van der Waals surface area contributed by atoms with Crippen LogP contribution in [0.5, 0.6) is 0 Å². The molecule has 0 bridgehead atoms. The largest absolute Gasteiger partial charge is 0.388 e. The zero-order valence-electron chi connectivity index (χ0n) is 6.01. The summed E-state index contributed by atoms with van der Waals surface area (Å²) in [5.41, 5.74) is 0. The lowest BCUT2D eigenvalue weighted by atomic mass is 10.0. The maximum absolute atomic E-state index is 9.18. The first kappa shape index (κ1) is 9.41. The van der Waals surface area contributed by atoms with Gasteiger partial charge in [-0.15, -0.1) is 0 Å². The molecule has 1 aliphatic rings. The molecule has 1 fully saturated rings. The Hall–Kier alpha value is 0.320. The van der Waals surface area contributed by atoms with Crippen LogP contribution in [0.3, 0.4) is 0 Å². The predicted octanol–water partition coefficient (Wildman–Crippen LogP) is -0.791. The molecule has 11 heavy (non-hydrogen) atoms. The topological polar surface area (TPSA) is 69.9 Å². The summed E-state index contributed by atoms with van der Waals surface area (Å²) in [5.74, 6) is 0. The molecule has 1 rings (SSSR count). The molecule has 66 valence electrons. The lowest BCUT2D eigenvalue weighted by Crippen LogP contribution is -2.54. The van der Waals surface area contributed by atoms with E-state index in [2.05, 4.69) is 15.9 Å². The molecule has 0 aromatic rings. The fraction of sp³-hybridized carbons (Fsp3) is 1.00. The average molecular weight is 227 g/mol. The fourth-order valence-electron chi connectivity index (χ4n) is 1.00. The van der Waals surface area contributed by atoms with E-state index in [0.717, 1.165) is 0 Å². The Balaban J connectivity index is 2.63. The summed E-state index contributed by atoms with van der Waals surface area (Å²) in [6.45, 7) is 1.63. The molecule has 0 amide bonds. The van der Waals surface area contributed by atoms with Gasteiger partial charge in [-0.05, 0) is 6.92 Å².